The molecule has 0 saturated heterocycles. The molecule has 0 radical (unpaired) electrons. The first-order chi connectivity index (χ1) is 9.47. The minimum absolute atomic E-state index is 0.121. The van der Waals surface area contributed by atoms with Crippen LogP contribution in [-0.2, 0) is 20.1 Å². The van der Waals surface area contributed by atoms with E-state index in [1.165, 1.54) is 4.68 Å². The fourth-order valence-electron chi connectivity index (χ4n) is 1.81. The van der Waals surface area contributed by atoms with Crippen LogP contribution in [0.5, 0.6) is 0 Å². The van der Waals surface area contributed by atoms with Crippen molar-refractivity contribution in [1.29, 1.82) is 0 Å². The van der Waals surface area contributed by atoms with Gasteiger partial charge in [-0.05, 0) is 27.9 Å². The van der Waals surface area contributed by atoms with E-state index >= 15 is 0 Å². The maximum Gasteiger partial charge on any atom is 0.283 e. The van der Waals surface area contributed by atoms with E-state index in [0.717, 1.165) is 5.69 Å². The Hall–Kier alpha value is -1.63. The molecule has 0 bridgehead atoms. The number of anilines is 1. The minimum atomic E-state index is -0.121. The Balaban J connectivity index is 2.13. The molecule has 20 heavy (non-hydrogen) atoms. The van der Waals surface area contributed by atoms with Gasteiger partial charge in [-0.3, -0.25) is 9.48 Å². The zero-order chi connectivity index (χ0) is 14.7. The molecule has 0 saturated carbocycles. The zero-order valence-corrected chi connectivity index (χ0v) is 13.4. The van der Waals surface area contributed by atoms with E-state index in [4.69, 9.17) is 0 Å². The summed E-state index contributed by atoms with van der Waals surface area (Å²) in [6.07, 6.45) is 3.54. The summed E-state index contributed by atoms with van der Waals surface area (Å²) in [6, 6.07) is 1.92. The number of nitrogens with one attached hydrogen (secondary N) is 1. The molecule has 0 atom stereocenters. The summed E-state index contributed by atoms with van der Waals surface area (Å²) < 4.78 is 3.72. The quantitative estimate of drug-likeness (QED) is 0.904. The van der Waals surface area contributed by atoms with E-state index in [0.29, 0.717) is 29.2 Å². The largest absolute Gasteiger partial charge is 0.377 e. The molecule has 0 unspecified atom stereocenters. The summed E-state index contributed by atoms with van der Waals surface area (Å²) >= 11 is 3.34. The Morgan fingerprint density at radius 3 is 2.80 bits per heavy atom. The molecule has 7 heteroatoms. The van der Waals surface area contributed by atoms with Crippen molar-refractivity contribution in [3.05, 3.63) is 39.0 Å². The molecule has 0 aromatic carbocycles. The number of nitrogens with zero attached hydrogens (tertiary/aromatic N) is 4. The highest BCUT2D eigenvalue weighted by molar-refractivity contribution is 9.10. The van der Waals surface area contributed by atoms with Gasteiger partial charge in [-0.15, -0.1) is 0 Å². The fourth-order valence-corrected chi connectivity index (χ4v) is 2.25. The molecule has 2 rings (SSSR count). The van der Waals surface area contributed by atoms with Crippen LogP contribution in [0.25, 0.3) is 0 Å². The van der Waals surface area contributed by atoms with Crippen molar-refractivity contribution in [2.75, 3.05) is 5.32 Å². The second kappa shape index (κ2) is 6.21. The normalized spacial score (nSPS) is 11.1. The van der Waals surface area contributed by atoms with Gasteiger partial charge in [-0.1, -0.05) is 13.8 Å². The van der Waals surface area contributed by atoms with E-state index < -0.39 is 0 Å². The van der Waals surface area contributed by atoms with Gasteiger partial charge in [0.2, 0.25) is 0 Å². The number of hydrogen-bond donors (Lipinski definition) is 1. The van der Waals surface area contributed by atoms with Crippen molar-refractivity contribution in [2.24, 2.45) is 13.0 Å². The topological polar surface area (TPSA) is 64.7 Å². The van der Waals surface area contributed by atoms with Crippen molar-refractivity contribution in [3.8, 4) is 0 Å². The van der Waals surface area contributed by atoms with Crippen LogP contribution >= 0.6 is 15.9 Å². The molecule has 6 nitrogen and oxygen atoms in total. The monoisotopic (exact) mass is 339 g/mol. The van der Waals surface area contributed by atoms with Crippen LogP contribution in [0.3, 0.4) is 0 Å². The third kappa shape index (κ3) is 3.47. The summed E-state index contributed by atoms with van der Waals surface area (Å²) in [5.41, 5.74) is 1.47. The fraction of sp³-hybridized carbons (Fsp3) is 0.462. The third-order valence-electron chi connectivity index (χ3n) is 2.75. The van der Waals surface area contributed by atoms with E-state index in [9.17, 15) is 4.79 Å². The molecule has 1 N–H and O–H groups in total. The standard InChI is InChI=1S/C13H18BrN5O/c1-9(2)8-19-13(20)12(14)11(7-16-19)15-6-10-4-5-18(3)17-10/h4-5,7,9,15H,6,8H2,1-3H3. The van der Waals surface area contributed by atoms with Crippen LogP contribution < -0.4 is 10.9 Å². The van der Waals surface area contributed by atoms with Gasteiger partial charge < -0.3 is 5.32 Å². The molecule has 0 amide bonds. The Morgan fingerprint density at radius 2 is 2.20 bits per heavy atom. The average molecular weight is 340 g/mol. The summed E-state index contributed by atoms with van der Waals surface area (Å²) in [5, 5.41) is 11.6. The molecule has 2 heterocycles. The van der Waals surface area contributed by atoms with Crippen molar-refractivity contribution >= 4 is 21.6 Å². The molecule has 2 aromatic heterocycles. The highest BCUT2D eigenvalue weighted by Crippen LogP contribution is 2.17. The molecule has 108 valence electrons. The summed E-state index contributed by atoms with van der Waals surface area (Å²) in [7, 11) is 1.87. The molecular weight excluding hydrogens is 322 g/mol. The Bertz CT molecular complexity index is 646. The predicted molar refractivity (Wildman–Crippen MR) is 81.6 cm³/mol. The number of rotatable bonds is 5. The summed E-state index contributed by atoms with van der Waals surface area (Å²) in [4.78, 5) is 12.1. The zero-order valence-electron chi connectivity index (χ0n) is 11.8. The maximum absolute atomic E-state index is 12.1. The van der Waals surface area contributed by atoms with Gasteiger partial charge in [-0.2, -0.15) is 10.2 Å². The first-order valence-electron chi connectivity index (χ1n) is 6.45. The van der Waals surface area contributed by atoms with E-state index in [1.807, 2.05) is 19.3 Å². The molecule has 0 aliphatic carbocycles. The second-order valence-corrected chi connectivity index (χ2v) is 5.88. The highest BCUT2D eigenvalue weighted by atomic mass is 79.9. The first-order valence-corrected chi connectivity index (χ1v) is 7.24. The maximum atomic E-state index is 12.1. The molecular formula is C13H18BrN5O. The smallest absolute Gasteiger partial charge is 0.283 e. The number of halogens is 1. The van der Waals surface area contributed by atoms with Gasteiger partial charge in [0, 0.05) is 19.8 Å². The SMILES string of the molecule is CC(C)Cn1ncc(NCc2ccn(C)n2)c(Br)c1=O. The van der Waals surface area contributed by atoms with Crippen LogP contribution in [0.15, 0.2) is 27.7 Å². The van der Waals surface area contributed by atoms with Gasteiger partial charge in [0.15, 0.2) is 0 Å². The molecule has 2 aromatic rings. The molecule has 0 spiro atoms. The summed E-state index contributed by atoms with van der Waals surface area (Å²) in [5.74, 6) is 0.374. The van der Waals surface area contributed by atoms with Gasteiger partial charge in [0.25, 0.3) is 5.56 Å². The first kappa shape index (κ1) is 14.8. The number of hydrogen-bond acceptors (Lipinski definition) is 4. The Labute approximate surface area is 125 Å². The van der Waals surface area contributed by atoms with E-state index in [2.05, 4.69) is 45.3 Å². The number of aryl methyl sites for hydroxylation is 1. The van der Waals surface area contributed by atoms with Gasteiger partial charge in [0.1, 0.15) is 4.47 Å². The second-order valence-electron chi connectivity index (χ2n) is 5.09. The molecule has 0 fully saturated rings. The predicted octanol–water partition coefficient (Wildman–Crippen LogP) is 2.01. The van der Waals surface area contributed by atoms with Crippen molar-refractivity contribution < 1.29 is 0 Å². The lowest BCUT2D eigenvalue weighted by molar-refractivity contribution is 0.462. The minimum Gasteiger partial charge on any atom is -0.377 e. The van der Waals surface area contributed by atoms with E-state index in [-0.39, 0.29) is 5.56 Å². The Kier molecular flexibility index (Phi) is 4.59. The molecule has 0 aliphatic heterocycles. The van der Waals surface area contributed by atoms with Crippen LogP contribution in [0.1, 0.15) is 19.5 Å². The van der Waals surface area contributed by atoms with Crippen LogP contribution in [0, 0.1) is 5.92 Å². The highest BCUT2D eigenvalue weighted by Gasteiger charge is 2.10. The van der Waals surface area contributed by atoms with Gasteiger partial charge >= 0.3 is 0 Å². The van der Waals surface area contributed by atoms with E-state index in [1.54, 1.807) is 10.9 Å². The molecule has 0 aliphatic rings. The Morgan fingerprint density at radius 1 is 1.45 bits per heavy atom. The average Bonchev–Trinajstić information content (AvgIpc) is 2.79. The lowest BCUT2D eigenvalue weighted by atomic mass is 10.2. The van der Waals surface area contributed by atoms with Crippen molar-refractivity contribution in [1.82, 2.24) is 19.6 Å². The lowest BCUT2D eigenvalue weighted by Gasteiger charge is -2.11. The van der Waals surface area contributed by atoms with Gasteiger partial charge in [0.05, 0.1) is 24.1 Å². The van der Waals surface area contributed by atoms with Crippen LogP contribution in [0.4, 0.5) is 5.69 Å². The summed E-state index contributed by atoms with van der Waals surface area (Å²) in [6.45, 7) is 5.26. The van der Waals surface area contributed by atoms with Crippen molar-refractivity contribution in [3.63, 3.8) is 0 Å². The third-order valence-corrected chi connectivity index (χ3v) is 3.52. The van der Waals surface area contributed by atoms with Crippen molar-refractivity contribution in [2.45, 2.75) is 26.9 Å². The lowest BCUT2D eigenvalue weighted by Crippen LogP contribution is -2.26. The number of aromatic nitrogens is 4. The van der Waals surface area contributed by atoms with Crippen LogP contribution in [0.2, 0.25) is 0 Å². The van der Waals surface area contributed by atoms with Crippen LogP contribution in [-0.4, -0.2) is 19.6 Å². The van der Waals surface area contributed by atoms with Gasteiger partial charge in [-0.25, -0.2) is 4.68 Å².